The summed E-state index contributed by atoms with van der Waals surface area (Å²) in [6.45, 7) is 11.4. The number of rotatable bonds is 8. The lowest BCUT2D eigenvalue weighted by molar-refractivity contribution is 0.0982. The minimum Gasteiger partial charge on any atom is -0.494 e. The zero-order chi connectivity index (χ0) is 32.7. The highest BCUT2D eigenvalue weighted by molar-refractivity contribution is 9.10. The molecule has 0 spiro atoms. The number of nitrogens with zero attached hydrogens (tertiary/aromatic N) is 5. The third-order valence-electron chi connectivity index (χ3n) is 9.67. The molecule has 0 radical (unpaired) electrons. The minimum atomic E-state index is -2.69. The summed E-state index contributed by atoms with van der Waals surface area (Å²) >= 11 is 3.63. The molecule has 4 aromatic rings. The summed E-state index contributed by atoms with van der Waals surface area (Å²) in [5.41, 5.74) is 4.89. The first-order valence-electron chi connectivity index (χ1n) is 16.3. The van der Waals surface area contributed by atoms with Gasteiger partial charge < -0.3 is 34.5 Å². The monoisotopic (exact) mass is 719 g/mol. The van der Waals surface area contributed by atoms with Crippen LogP contribution in [-0.2, 0) is 22.5 Å². The molecule has 0 atom stereocenters. The molecule has 0 saturated carbocycles. The van der Waals surface area contributed by atoms with Gasteiger partial charge in [-0.25, -0.2) is 4.98 Å². The average Bonchev–Trinajstić information content (AvgIpc) is 3.06. The molecule has 2 N–H and O–H groups in total. The summed E-state index contributed by atoms with van der Waals surface area (Å²) in [6.07, 6.45) is 4.07. The van der Waals surface area contributed by atoms with Crippen molar-refractivity contribution in [2.45, 2.75) is 32.1 Å². The van der Waals surface area contributed by atoms with Crippen molar-refractivity contribution < 1.29 is 14.0 Å². The fraction of sp³-hybridized carbons (Fsp3) is 0.429. The first-order valence-corrected chi connectivity index (χ1v) is 19.7. The molecular formula is C35H43BrN7O3P. The molecule has 3 aliphatic heterocycles. The molecule has 4 heterocycles. The lowest BCUT2D eigenvalue weighted by atomic mass is 9.97. The number of aromatic nitrogens is 2. The van der Waals surface area contributed by atoms with Crippen LogP contribution in [0.3, 0.4) is 0 Å². The summed E-state index contributed by atoms with van der Waals surface area (Å²) in [4.78, 5) is 16.9. The van der Waals surface area contributed by atoms with E-state index in [1.165, 1.54) is 25.9 Å². The quantitative estimate of drug-likeness (QED) is 0.200. The number of methoxy groups -OCH3 is 1. The molecule has 47 heavy (non-hydrogen) atoms. The van der Waals surface area contributed by atoms with Gasteiger partial charge in [0.25, 0.3) is 0 Å². The van der Waals surface area contributed by atoms with E-state index in [4.69, 9.17) is 14.5 Å². The van der Waals surface area contributed by atoms with Crippen LogP contribution in [0.5, 0.6) is 5.75 Å². The standard InChI is InChI=1S/C35H43BrN7O3P/c1-41-14-16-43(17-15-41)25-10-12-42(13-11-25)26-8-9-29(31(19-26)45-2)39-35-37-20-28(36)34(40-35)38-30-18-24-22-46-21-23-6-5-7-27(32(23)24)33(30)47(3,4)44/h5-9,18-20,25H,10-17,21-22H2,1-4H3,(H2,37,38,39,40). The van der Waals surface area contributed by atoms with Crippen LogP contribution in [0.1, 0.15) is 24.0 Å². The van der Waals surface area contributed by atoms with Crippen molar-refractivity contribution in [3.63, 3.8) is 0 Å². The summed E-state index contributed by atoms with van der Waals surface area (Å²) in [6, 6.07) is 15.1. The fourth-order valence-electron chi connectivity index (χ4n) is 7.24. The van der Waals surface area contributed by atoms with E-state index in [1.54, 1.807) is 13.3 Å². The SMILES string of the molecule is COc1cc(N2CCC(N3CCN(C)CC3)CC2)ccc1Nc1ncc(Br)c(Nc2cc3c4c(cccc4c2P(C)(C)=O)COC3)n1. The van der Waals surface area contributed by atoms with Crippen LogP contribution in [0.2, 0.25) is 0 Å². The molecule has 248 valence electrons. The van der Waals surface area contributed by atoms with E-state index in [2.05, 4.69) is 83.6 Å². The summed E-state index contributed by atoms with van der Waals surface area (Å²) in [5.74, 6) is 1.71. The second-order valence-corrected chi connectivity index (χ2v) is 17.2. The third kappa shape index (κ3) is 6.74. The molecule has 12 heteroatoms. The van der Waals surface area contributed by atoms with Crippen LogP contribution in [0.25, 0.3) is 10.8 Å². The molecule has 0 unspecified atom stereocenters. The van der Waals surface area contributed by atoms with Crippen molar-refractivity contribution in [1.29, 1.82) is 0 Å². The number of hydrogen-bond acceptors (Lipinski definition) is 10. The first-order chi connectivity index (χ1) is 22.7. The van der Waals surface area contributed by atoms with Crippen LogP contribution >= 0.6 is 23.1 Å². The zero-order valence-electron chi connectivity index (χ0n) is 27.6. The van der Waals surface area contributed by atoms with Crippen LogP contribution in [0.4, 0.5) is 28.8 Å². The second-order valence-electron chi connectivity index (χ2n) is 13.2. The highest BCUT2D eigenvalue weighted by atomic mass is 79.9. The van der Waals surface area contributed by atoms with E-state index >= 15 is 0 Å². The number of anilines is 5. The number of ether oxygens (including phenoxy) is 2. The third-order valence-corrected chi connectivity index (χ3v) is 11.8. The van der Waals surface area contributed by atoms with E-state index in [1.807, 2.05) is 25.5 Å². The van der Waals surface area contributed by atoms with Gasteiger partial charge in [0.05, 0.1) is 36.2 Å². The molecule has 2 saturated heterocycles. The van der Waals surface area contributed by atoms with Crippen LogP contribution in [0.15, 0.2) is 53.1 Å². The fourth-order valence-corrected chi connectivity index (χ4v) is 8.99. The second kappa shape index (κ2) is 13.4. The number of piperazine rings is 1. The molecule has 1 aromatic heterocycles. The van der Waals surface area contributed by atoms with Gasteiger partial charge in [0.2, 0.25) is 5.95 Å². The smallest absolute Gasteiger partial charge is 0.229 e. The van der Waals surface area contributed by atoms with Gasteiger partial charge in [-0.05, 0) is 89.2 Å². The molecule has 3 aromatic carbocycles. The number of halogens is 1. The Bertz CT molecular complexity index is 1830. The van der Waals surface area contributed by atoms with Gasteiger partial charge in [-0.3, -0.25) is 4.90 Å². The predicted octanol–water partition coefficient (Wildman–Crippen LogP) is 6.38. The Hall–Kier alpha value is -3.21. The molecule has 0 amide bonds. The number of nitrogens with one attached hydrogen (secondary N) is 2. The molecule has 0 bridgehead atoms. The number of hydrogen-bond donors (Lipinski definition) is 2. The van der Waals surface area contributed by atoms with Crippen molar-refractivity contribution >= 4 is 68.0 Å². The molecule has 2 fully saturated rings. The Morgan fingerprint density at radius 2 is 1.72 bits per heavy atom. The van der Waals surface area contributed by atoms with E-state index in [0.29, 0.717) is 35.5 Å². The number of piperidine rings is 1. The molecule has 7 rings (SSSR count). The van der Waals surface area contributed by atoms with Crippen molar-refractivity contribution in [3.8, 4) is 5.75 Å². The van der Waals surface area contributed by atoms with Crippen molar-refractivity contribution in [2.24, 2.45) is 0 Å². The van der Waals surface area contributed by atoms with Crippen molar-refractivity contribution in [3.05, 3.63) is 64.3 Å². The van der Waals surface area contributed by atoms with E-state index in [0.717, 1.165) is 76.2 Å². The highest BCUT2D eigenvalue weighted by Gasteiger charge is 2.28. The Kier molecular flexibility index (Phi) is 9.19. The Labute approximate surface area is 285 Å². The van der Waals surface area contributed by atoms with Crippen molar-refractivity contribution in [1.82, 2.24) is 19.8 Å². The Morgan fingerprint density at radius 1 is 0.957 bits per heavy atom. The number of likely N-dealkylation sites (N-methyl/N-ethyl adjacent to an activating group) is 1. The van der Waals surface area contributed by atoms with Crippen molar-refractivity contribution in [2.75, 3.05) is 82.3 Å². The average molecular weight is 721 g/mol. The largest absolute Gasteiger partial charge is 0.494 e. The number of benzene rings is 3. The lowest BCUT2D eigenvalue weighted by Gasteiger charge is -2.42. The molecule has 0 aliphatic carbocycles. The maximum atomic E-state index is 13.7. The first kappa shape index (κ1) is 32.3. The van der Waals surface area contributed by atoms with Crippen LogP contribution in [-0.4, -0.2) is 92.6 Å². The van der Waals surface area contributed by atoms with Gasteiger partial charge in [-0.15, -0.1) is 0 Å². The topological polar surface area (TPSA) is 95.1 Å². The predicted molar refractivity (Wildman–Crippen MR) is 195 cm³/mol. The normalized spacial score (nSPS) is 18.0. The van der Waals surface area contributed by atoms with Gasteiger partial charge in [0, 0.05) is 68.6 Å². The van der Waals surface area contributed by atoms with E-state index < -0.39 is 7.14 Å². The summed E-state index contributed by atoms with van der Waals surface area (Å²) < 4.78 is 26.1. The highest BCUT2D eigenvalue weighted by Crippen LogP contribution is 2.44. The molecular weight excluding hydrogens is 677 g/mol. The summed E-state index contributed by atoms with van der Waals surface area (Å²) in [7, 11) is 1.21. The van der Waals surface area contributed by atoms with Gasteiger partial charge in [0.1, 0.15) is 18.7 Å². The minimum absolute atomic E-state index is 0.417. The Morgan fingerprint density at radius 3 is 2.47 bits per heavy atom. The van der Waals surface area contributed by atoms with Gasteiger partial charge in [-0.2, -0.15) is 4.98 Å². The maximum Gasteiger partial charge on any atom is 0.229 e. The van der Waals surface area contributed by atoms with Gasteiger partial charge in [0.15, 0.2) is 0 Å². The lowest BCUT2D eigenvalue weighted by Crippen LogP contribution is -2.52. The Balaban J connectivity index is 1.10. The maximum absolute atomic E-state index is 13.7. The van der Waals surface area contributed by atoms with Gasteiger partial charge >= 0.3 is 0 Å². The van der Waals surface area contributed by atoms with E-state index in [-0.39, 0.29) is 0 Å². The van der Waals surface area contributed by atoms with Crippen LogP contribution < -0.4 is 25.6 Å². The van der Waals surface area contributed by atoms with Gasteiger partial charge in [-0.1, -0.05) is 18.2 Å². The van der Waals surface area contributed by atoms with Crippen LogP contribution in [0, 0.1) is 0 Å². The molecule has 10 nitrogen and oxygen atoms in total. The zero-order valence-corrected chi connectivity index (χ0v) is 30.0. The molecule has 3 aliphatic rings. The summed E-state index contributed by atoms with van der Waals surface area (Å²) in [5, 5.41) is 9.79. The van der Waals surface area contributed by atoms with E-state index in [9.17, 15) is 4.57 Å².